The van der Waals surface area contributed by atoms with E-state index in [1.165, 1.54) is 76.0 Å². The number of aromatic carboxylic acids is 1. The van der Waals surface area contributed by atoms with E-state index in [0.717, 1.165) is 25.7 Å². The van der Waals surface area contributed by atoms with Crippen LogP contribution in [0.4, 0.5) is 5.69 Å². The number of amides is 1. The van der Waals surface area contributed by atoms with Gasteiger partial charge in [0.2, 0.25) is 5.91 Å². The predicted molar refractivity (Wildman–Crippen MR) is 123 cm³/mol. The maximum Gasteiger partial charge on any atom is 0.335 e. The van der Waals surface area contributed by atoms with E-state index in [9.17, 15) is 14.7 Å². The molecule has 5 heteroatoms. The molecule has 0 bridgehead atoms. The molecule has 1 amide bonds. The van der Waals surface area contributed by atoms with Crippen LogP contribution in [0.5, 0.6) is 5.75 Å². The fourth-order valence-electron chi connectivity index (χ4n) is 3.34. The van der Waals surface area contributed by atoms with Crippen LogP contribution in [-0.4, -0.2) is 22.1 Å². The molecule has 0 saturated carbocycles. The number of carboxylic acids is 1. The van der Waals surface area contributed by atoms with Gasteiger partial charge in [-0.2, -0.15) is 0 Å². The number of phenolic OH excluding ortho intramolecular Hbond substituents is 1. The third kappa shape index (κ3) is 12.3. The Morgan fingerprint density at radius 3 is 2.03 bits per heavy atom. The van der Waals surface area contributed by atoms with Crippen LogP contribution >= 0.6 is 0 Å². The highest BCUT2D eigenvalue weighted by molar-refractivity contribution is 5.95. The maximum absolute atomic E-state index is 12.0. The Morgan fingerprint density at radius 1 is 0.867 bits per heavy atom. The standard InChI is InChI=1S/C25H39NO4/c1-2-3-4-5-6-7-8-9-10-11-12-13-14-15-16-17-24(28)26-22-20-21(25(29)30)18-19-23(22)27/h9-10,18-20,27H,2-8,11-17H2,1H3,(H,26,28)(H,29,30). The third-order valence-electron chi connectivity index (χ3n) is 5.18. The fourth-order valence-corrected chi connectivity index (χ4v) is 3.34. The lowest BCUT2D eigenvalue weighted by Gasteiger charge is -2.08. The van der Waals surface area contributed by atoms with Gasteiger partial charge in [0, 0.05) is 6.42 Å². The van der Waals surface area contributed by atoms with Crippen LogP contribution in [-0.2, 0) is 4.79 Å². The molecule has 168 valence electrons. The van der Waals surface area contributed by atoms with Crippen molar-refractivity contribution < 1.29 is 19.8 Å². The number of nitrogens with one attached hydrogen (secondary N) is 1. The van der Waals surface area contributed by atoms with Gasteiger partial charge in [0.05, 0.1) is 11.3 Å². The first-order chi connectivity index (χ1) is 14.5. The van der Waals surface area contributed by atoms with Crippen LogP contribution in [0.15, 0.2) is 30.4 Å². The summed E-state index contributed by atoms with van der Waals surface area (Å²) < 4.78 is 0. The largest absolute Gasteiger partial charge is 0.506 e. The van der Waals surface area contributed by atoms with Crippen molar-refractivity contribution in [2.75, 3.05) is 5.32 Å². The zero-order valence-electron chi connectivity index (χ0n) is 18.5. The van der Waals surface area contributed by atoms with Crippen LogP contribution in [0.2, 0.25) is 0 Å². The number of hydrogen-bond acceptors (Lipinski definition) is 3. The highest BCUT2D eigenvalue weighted by Crippen LogP contribution is 2.24. The summed E-state index contributed by atoms with van der Waals surface area (Å²) in [7, 11) is 0. The van der Waals surface area contributed by atoms with Crippen molar-refractivity contribution in [1.82, 2.24) is 0 Å². The monoisotopic (exact) mass is 417 g/mol. The zero-order chi connectivity index (χ0) is 22.0. The molecule has 1 aromatic rings. The van der Waals surface area contributed by atoms with Crippen molar-refractivity contribution in [3.8, 4) is 5.75 Å². The number of anilines is 1. The van der Waals surface area contributed by atoms with Crippen molar-refractivity contribution in [3.63, 3.8) is 0 Å². The molecule has 0 aliphatic rings. The van der Waals surface area contributed by atoms with Gasteiger partial charge < -0.3 is 15.5 Å². The predicted octanol–water partition coefficient (Wildman–Crippen LogP) is 7.07. The number of rotatable bonds is 17. The lowest BCUT2D eigenvalue weighted by molar-refractivity contribution is -0.116. The molecule has 3 N–H and O–H groups in total. The van der Waals surface area contributed by atoms with E-state index in [1.807, 2.05) is 0 Å². The first-order valence-electron chi connectivity index (χ1n) is 11.6. The minimum Gasteiger partial charge on any atom is -0.506 e. The van der Waals surface area contributed by atoms with E-state index in [4.69, 9.17) is 5.11 Å². The van der Waals surface area contributed by atoms with E-state index in [2.05, 4.69) is 24.4 Å². The number of benzene rings is 1. The summed E-state index contributed by atoms with van der Waals surface area (Å²) in [6.45, 7) is 2.25. The van der Waals surface area contributed by atoms with Gasteiger partial charge >= 0.3 is 5.97 Å². The molecular formula is C25H39NO4. The Hall–Kier alpha value is -2.30. The summed E-state index contributed by atoms with van der Waals surface area (Å²) in [5, 5.41) is 21.3. The number of aromatic hydroxyl groups is 1. The minimum absolute atomic E-state index is 0.0316. The number of carbonyl (C=O) groups excluding carboxylic acids is 1. The Balaban J connectivity index is 2.01. The summed E-state index contributed by atoms with van der Waals surface area (Å²) in [5.74, 6) is -1.42. The van der Waals surface area contributed by atoms with Gasteiger partial charge in [-0.05, 0) is 50.3 Å². The quantitative estimate of drug-likeness (QED) is 0.144. The number of allylic oxidation sites excluding steroid dienone is 2. The third-order valence-corrected chi connectivity index (χ3v) is 5.18. The molecule has 0 radical (unpaired) electrons. The molecule has 5 nitrogen and oxygen atoms in total. The molecule has 0 saturated heterocycles. The Labute approximate surface area is 181 Å². The number of carbonyl (C=O) groups is 2. The van der Waals surface area contributed by atoms with Crippen LogP contribution in [0.1, 0.15) is 107 Å². The fraction of sp³-hybridized carbons (Fsp3) is 0.600. The summed E-state index contributed by atoms with van der Waals surface area (Å²) in [6.07, 6.45) is 20.7. The zero-order valence-corrected chi connectivity index (χ0v) is 18.5. The number of hydrogen-bond donors (Lipinski definition) is 3. The highest BCUT2D eigenvalue weighted by atomic mass is 16.4. The van der Waals surface area contributed by atoms with Crippen LogP contribution in [0, 0.1) is 0 Å². The molecule has 1 rings (SSSR count). The van der Waals surface area contributed by atoms with Crippen molar-refractivity contribution in [3.05, 3.63) is 35.9 Å². The smallest absolute Gasteiger partial charge is 0.335 e. The molecular weight excluding hydrogens is 378 g/mol. The second-order valence-electron chi connectivity index (χ2n) is 7.92. The number of unbranched alkanes of at least 4 members (excludes halogenated alkanes) is 11. The second kappa shape index (κ2) is 16.5. The van der Waals surface area contributed by atoms with Gasteiger partial charge in [0.25, 0.3) is 0 Å². The molecule has 0 fully saturated rings. The van der Waals surface area contributed by atoms with E-state index in [-0.39, 0.29) is 22.9 Å². The van der Waals surface area contributed by atoms with E-state index in [0.29, 0.717) is 6.42 Å². The normalized spacial score (nSPS) is 11.1. The number of phenols is 1. The van der Waals surface area contributed by atoms with Crippen molar-refractivity contribution in [1.29, 1.82) is 0 Å². The van der Waals surface area contributed by atoms with Gasteiger partial charge in [-0.25, -0.2) is 4.79 Å². The van der Waals surface area contributed by atoms with Gasteiger partial charge in [0.15, 0.2) is 0 Å². The molecule has 0 heterocycles. The van der Waals surface area contributed by atoms with Crippen molar-refractivity contribution in [2.45, 2.75) is 96.8 Å². The molecule has 30 heavy (non-hydrogen) atoms. The van der Waals surface area contributed by atoms with Gasteiger partial charge in [0.1, 0.15) is 5.75 Å². The molecule has 1 aromatic carbocycles. The molecule has 0 unspecified atom stereocenters. The molecule has 0 aromatic heterocycles. The van der Waals surface area contributed by atoms with Gasteiger partial charge in [-0.1, -0.05) is 70.4 Å². The highest BCUT2D eigenvalue weighted by Gasteiger charge is 2.10. The van der Waals surface area contributed by atoms with Gasteiger partial charge in [-0.15, -0.1) is 0 Å². The summed E-state index contributed by atoms with van der Waals surface area (Å²) in [4.78, 5) is 23.0. The van der Waals surface area contributed by atoms with E-state index in [1.54, 1.807) is 0 Å². The van der Waals surface area contributed by atoms with E-state index >= 15 is 0 Å². The minimum atomic E-state index is -1.09. The summed E-state index contributed by atoms with van der Waals surface area (Å²) in [5.41, 5.74) is 0.178. The Bertz CT molecular complexity index is 655. The molecule has 0 spiro atoms. The second-order valence-corrected chi connectivity index (χ2v) is 7.92. The van der Waals surface area contributed by atoms with E-state index < -0.39 is 5.97 Å². The lowest BCUT2D eigenvalue weighted by atomic mass is 10.1. The molecule has 0 aliphatic heterocycles. The van der Waals surface area contributed by atoms with Crippen molar-refractivity contribution >= 4 is 17.6 Å². The van der Waals surface area contributed by atoms with Crippen molar-refractivity contribution in [2.24, 2.45) is 0 Å². The molecule has 0 aliphatic carbocycles. The molecule has 0 atom stereocenters. The first-order valence-corrected chi connectivity index (χ1v) is 11.6. The average molecular weight is 418 g/mol. The van der Waals surface area contributed by atoms with Crippen LogP contribution in [0.3, 0.4) is 0 Å². The average Bonchev–Trinajstić information content (AvgIpc) is 2.72. The summed E-state index contributed by atoms with van der Waals surface area (Å²) in [6, 6.07) is 3.85. The topological polar surface area (TPSA) is 86.6 Å². The number of carboxylic acid groups (broad SMARTS) is 1. The van der Waals surface area contributed by atoms with Crippen LogP contribution in [0.25, 0.3) is 0 Å². The maximum atomic E-state index is 12.0. The lowest BCUT2D eigenvalue weighted by Crippen LogP contribution is -2.12. The first kappa shape index (κ1) is 25.7. The van der Waals surface area contributed by atoms with Gasteiger partial charge in [-0.3, -0.25) is 4.79 Å². The Morgan fingerprint density at radius 2 is 1.43 bits per heavy atom. The summed E-state index contributed by atoms with van der Waals surface area (Å²) >= 11 is 0. The SMILES string of the molecule is CCCCCCCCC=CCCCCCCCC(=O)Nc1cc(C(=O)O)ccc1O. The Kier molecular flexibility index (Phi) is 14.1. The van der Waals surface area contributed by atoms with Crippen LogP contribution < -0.4 is 5.32 Å².